The van der Waals surface area contributed by atoms with E-state index in [1.807, 2.05) is 31.0 Å². The standard InChI is InChI=1S/C11H16ClNO2S/c1-7(8-5-6-9(12)16-8)13(4)11(2,3)10(14)15/h5-7H,1-4H3,(H,14,15). The van der Waals surface area contributed by atoms with E-state index in [4.69, 9.17) is 16.7 Å². The number of rotatable bonds is 4. The maximum absolute atomic E-state index is 11.1. The Morgan fingerprint density at radius 2 is 2.12 bits per heavy atom. The number of nitrogens with zero attached hydrogens (tertiary/aromatic N) is 1. The predicted molar refractivity (Wildman–Crippen MR) is 67.2 cm³/mol. The van der Waals surface area contributed by atoms with Crippen molar-refractivity contribution >= 4 is 28.9 Å². The number of hydrogen-bond acceptors (Lipinski definition) is 3. The van der Waals surface area contributed by atoms with E-state index in [9.17, 15) is 4.79 Å². The van der Waals surface area contributed by atoms with Crippen LogP contribution >= 0.6 is 22.9 Å². The molecule has 3 nitrogen and oxygen atoms in total. The minimum atomic E-state index is -0.893. The molecule has 0 aliphatic carbocycles. The topological polar surface area (TPSA) is 40.5 Å². The van der Waals surface area contributed by atoms with Gasteiger partial charge in [-0.2, -0.15) is 0 Å². The van der Waals surface area contributed by atoms with Gasteiger partial charge in [0.2, 0.25) is 0 Å². The van der Waals surface area contributed by atoms with Gasteiger partial charge < -0.3 is 5.11 Å². The molecule has 0 aliphatic rings. The van der Waals surface area contributed by atoms with E-state index in [1.165, 1.54) is 11.3 Å². The van der Waals surface area contributed by atoms with Crippen LogP contribution in [0.3, 0.4) is 0 Å². The van der Waals surface area contributed by atoms with Gasteiger partial charge in [0.05, 0.1) is 4.34 Å². The number of carbonyl (C=O) groups is 1. The van der Waals surface area contributed by atoms with Gasteiger partial charge in [-0.15, -0.1) is 11.3 Å². The van der Waals surface area contributed by atoms with Gasteiger partial charge in [-0.25, -0.2) is 0 Å². The van der Waals surface area contributed by atoms with E-state index >= 15 is 0 Å². The minimum absolute atomic E-state index is 0.0311. The predicted octanol–water partition coefficient (Wildman–Crippen LogP) is 3.26. The zero-order valence-corrected chi connectivity index (χ0v) is 11.4. The summed E-state index contributed by atoms with van der Waals surface area (Å²) in [7, 11) is 1.81. The highest BCUT2D eigenvalue weighted by molar-refractivity contribution is 7.16. The lowest BCUT2D eigenvalue weighted by Gasteiger charge is -2.35. The lowest BCUT2D eigenvalue weighted by Crippen LogP contribution is -2.48. The van der Waals surface area contributed by atoms with Crippen molar-refractivity contribution in [3.8, 4) is 0 Å². The lowest BCUT2D eigenvalue weighted by atomic mass is 10.0. The molecule has 0 amide bonds. The number of carboxylic acid groups (broad SMARTS) is 1. The van der Waals surface area contributed by atoms with Crippen LogP contribution in [0.25, 0.3) is 0 Å². The number of thiophene rings is 1. The second-order valence-electron chi connectivity index (χ2n) is 4.29. The van der Waals surface area contributed by atoms with Crippen LogP contribution in [0, 0.1) is 0 Å². The largest absolute Gasteiger partial charge is 0.480 e. The Morgan fingerprint density at radius 3 is 2.50 bits per heavy atom. The van der Waals surface area contributed by atoms with E-state index in [0.717, 1.165) is 9.21 Å². The molecule has 1 unspecified atom stereocenters. The molecule has 90 valence electrons. The Balaban J connectivity index is 2.90. The summed E-state index contributed by atoms with van der Waals surface area (Å²) in [5, 5.41) is 9.15. The maximum atomic E-state index is 11.1. The number of halogens is 1. The molecule has 0 aliphatic heterocycles. The molecular formula is C11H16ClNO2S. The zero-order valence-electron chi connectivity index (χ0n) is 9.82. The van der Waals surface area contributed by atoms with Gasteiger partial charge in [0.15, 0.2) is 0 Å². The Labute approximate surface area is 105 Å². The quantitative estimate of drug-likeness (QED) is 0.904. The second kappa shape index (κ2) is 4.73. The van der Waals surface area contributed by atoms with Gasteiger partial charge in [0.1, 0.15) is 5.54 Å². The Bertz CT molecular complexity index is 389. The zero-order chi connectivity index (χ0) is 12.5. The number of aliphatic carboxylic acids is 1. The van der Waals surface area contributed by atoms with Crippen molar-refractivity contribution in [2.24, 2.45) is 0 Å². The molecule has 1 N–H and O–H groups in total. The molecule has 1 aromatic rings. The summed E-state index contributed by atoms with van der Waals surface area (Å²) in [5.74, 6) is -0.829. The van der Waals surface area contributed by atoms with Crippen molar-refractivity contribution < 1.29 is 9.90 Å². The first kappa shape index (κ1) is 13.5. The Hall–Kier alpha value is -0.580. The van der Waals surface area contributed by atoms with Crippen molar-refractivity contribution in [1.29, 1.82) is 0 Å². The minimum Gasteiger partial charge on any atom is -0.480 e. The SMILES string of the molecule is CC(c1ccc(Cl)s1)N(C)C(C)(C)C(=O)O. The average Bonchev–Trinajstić information content (AvgIpc) is 2.62. The summed E-state index contributed by atoms with van der Waals surface area (Å²) in [6.07, 6.45) is 0. The van der Waals surface area contributed by atoms with Crippen LogP contribution in [0.4, 0.5) is 0 Å². The first-order valence-electron chi connectivity index (χ1n) is 4.98. The molecule has 0 fully saturated rings. The van der Waals surface area contributed by atoms with E-state index in [1.54, 1.807) is 13.8 Å². The number of carboxylic acids is 1. The Kier molecular flexibility index (Phi) is 3.99. The van der Waals surface area contributed by atoms with E-state index in [0.29, 0.717) is 0 Å². The molecule has 0 aromatic carbocycles. The summed E-state index contributed by atoms with van der Waals surface area (Å²) in [6, 6.07) is 3.80. The van der Waals surface area contributed by atoms with Crippen molar-refractivity contribution in [2.45, 2.75) is 32.4 Å². The molecule has 1 aromatic heterocycles. The van der Waals surface area contributed by atoms with Crippen LogP contribution in [-0.4, -0.2) is 28.6 Å². The smallest absolute Gasteiger partial charge is 0.323 e. The number of hydrogen-bond donors (Lipinski definition) is 1. The highest BCUT2D eigenvalue weighted by atomic mass is 35.5. The van der Waals surface area contributed by atoms with Gasteiger partial charge in [0, 0.05) is 10.9 Å². The third kappa shape index (κ3) is 2.56. The lowest BCUT2D eigenvalue weighted by molar-refractivity contribution is -0.149. The number of likely N-dealkylation sites (N-methyl/N-ethyl adjacent to an activating group) is 1. The monoisotopic (exact) mass is 261 g/mol. The third-order valence-electron chi connectivity index (χ3n) is 2.99. The first-order chi connectivity index (χ1) is 7.26. The molecule has 16 heavy (non-hydrogen) atoms. The molecule has 0 radical (unpaired) electrons. The maximum Gasteiger partial charge on any atom is 0.323 e. The van der Waals surface area contributed by atoms with Gasteiger partial charge in [-0.1, -0.05) is 11.6 Å². The first-order valence-corrected chi connectivity index (χ1v) is 6.18. The van der Waals surface area contributed by atoms with Crippen molar-refractivity contribution in [1.82, 2.24) is 4.90 Å². The van der Waals surface area contributed by atoms with Crippen molar-refractivity contribution in [3.05, 3.63) is 21.3 Å². The molecule has 0 bridgehead atoms. The van der Waals surface area contributed by atoms with Crippen LogP contribution in [-0.2, 0) is 4.79 Å². The fraction of sp³-hybridized carbons (Fsp3) is 0.545. The van der Waals surface area contributed by atoms with Crippen LogP contribution in [0.2, 0.25) is 4.34 Å². The van der Waals surface area contributed by atoms with E-state index in [2.05, 4.69) is 0 Å². The summed E-state index contributed by atoms with van der Waals surface area (Å²) in [4.78, 5) is 14.0. The van der Waals surface area contributed by atoms with Crippen LogP contribution < -0.4 is 0 Å². The summed E-state index contributed by atoms with van der Waals surface area (Å²) < 4.78 is 0.725. The summed E-state index contributed by atoms with van der Waals surface area (Å²) in [6.45, 7) is 5.37. The molecule has 1 heterocycles. The fourth-order valence-corrected chi connectivity index (χ4v) is 2.53. The van der Waals surface area contributed by atoms with Crippen LogP contribution in [0.5, 0.6) is 0 Å². The van der Waals surface area contributed by atoms with Gasteiger partial charge in [-0.3, -0.25) is 9.69 Å². The van der Waals surface area contributed by atoms with Gasteiger partial charge >= 0.3 is 5.97 Å². The molecule has 1 rings (SSSR count). The molecule has 1 atom stereocenters. The summed E-state index contributed by atoms with van der Waals surface area (Å²) in [5.41, 5.74) is -0.893. The van der Waals surface area contributed by atoms with E-state index in [-0.39, 0.29) is 6.04 Å². The van der Waals surface area contributed by atoms with Crippen molar-refractivity contribution in [3.63, 3.8) is 0 Å². The summed E-state index contributed by atoms with van der Waals surface area (Å²) >= 11 is 7.35. The molecule has 0 saturated carbocycles. The van der Waals surface area contributed by atoms with Gasteiger partial charge in [0.25, 0.3) is 0 Å². The third-order valence-corrected chi connectivity index (χ3v) is 4.39. The van der Waals surface area contributed by atoms with E-state index < -0.39 is 11.5 Å². The fourth-order valence-electron chi connectivity index (χ4n) is 1.38. The molecular weight excluding hydrogens is 246 g/mol. The Morgan fingerprint density at radius 1 is 1.56 bits per heavy atom. The van der Waals surface area contributed by atoms with Crippen LogP contribution in [0.15, 0.2) is 12.1 Å². The highest BCUT2D eigenvalue weighted by Crippen LogP contribution is 2.32. The second-order valence-corrected chi connectivity index (χ2v) is 6.04. The van der Waals surface area contributed by atoms with Crippen molar-refractivity contribution in [2.75, 3.05) is 7.05 Å². The molecule has 0 spiro atoms. The average molecular weight is 262 g/mol. The molecule has 0 saturated heterocycles. The van der Waals surface area contributed by atoms with Gasteiger partial charge in [-0.05, 0) is 40.0 Å². The normalized spacial score (nSPS) is 14.1. The molecule has 5 heteroatoms. The highest BCUT2D eigenvalue weighted by Gasteiger charge is 2.35. The van der Waals surface area contributed by atoms with Crippen LogP contribution in [0.1, 0.15) is 31.7 Å².